The van der Waals surface area contributed by atoms with E-state index in [-0.39, 0.29) is 11.3 Å². The second-order valence-corrected chi connectivity index (χ2v) is 5.83. The van der Waals surface area contributed by atoms with E-state index in [1.54, 1.807) is 0 Å². The Balaban J connectivity index is 1.83. The monoisotopic (exact) mass is 192 g/mol. The topological polar surface area (TPSA) is 43.1 Å². The first kappa shape index (κ1) is 8.75. The van der Waals surface area contributed by atoms with Crippen LogP contribution in [0.1, 0.15) is 38.5 Å². The van der Waals surface area contributed by atoms with Crippen molar-refractivity contribution in [2.75, 3.05) is 0 Å². The standard InChI is InChI=1S/C12H18NO/c13-11(14)7-12-4-8-1-9(5-12)3-10(2-8)6-12/h7-10H,1-6H2,(H2,13,14). The third-order valence-corrected chi connectivity index (χ3v) is 4.53. The number of hydrogen-bond acceptors (Lipinski definition) is 1. The van der Waals surface area contributed by atoms with Gasteiger partial charge in [-0.2, -0.15) is 0 Å². The number of rotatable bonds is 2. The second-order valence-electron chi connectivity index (χ2n) is 5.83. The predicted molar refractivity (Wildman–Crippen MR) is 54.1 cm³/mol. The van der Waals surface area contributed by atoms with Crippen LogP contribution in [0.25, 0.3) is 0 Å². The van der Waals surface area contributed by atoms with Gasteiger partial charge in [0.15, 0.2) is 0 Å². The van der Waals surface area contributed by atoms with Gasteiger partial charge in [-0.1, -0.05) is 0 Å². The van der Waals surface area contributed by atoms with E-state index in [0.29, 0.717) is 0 Å². The summed E-state index contributed by atoms with van der Waals surface area (Å²) in [5, 5.41) is 0. The summed E-state index contributed by atoms with van der Waals surface area (Å²) < 4.78 is 0. The van der Waals surface area contributed by atoms with Gasteiger partial charge in [-0.25, -0.2) is 0 Å². The fraction of sp³-hybridized carbons (Fsp3) is 0.833. The molecule has 0 aromatic carbocycles. The maximum absolute atomic E-state index is 11.1. The molecule has 1 radical (unpaired) electrons. The van der Waals surface area contributed by atoms with Crippen LogP contribution in [0.4, 0.5) is 0 Å². The molecule has 0 atom stereocenters. The maximum Gasteiger partial charge on any atom is 0.221 e. The van der Waals surface area contributed by atoms with Crippen LogP contribution in [-0.4, -0.2) is 5.91 Å². The third-order valence-electron chi connectivity index (χ3n) is 4.53. The van der Waals surface area contributed by atoms with Crippen LogP contribution in [0.2, 0.25) is 0 Å². The van der Waals surface area contributed by atoms with E-state index >= 15 is 0 Å². The van der Waals surface area contributed by atoms with Gasteiger partial charge in [0.1, 0.15) is 0 Å². The highest BCUT2D eigenvalue weighted by Gasteiger charge is 2.51. The SMILES string of the molecule is NC(=O)[CH]C12CC3CC(CC(C3)C1)C2. The molecule has 0 aliphatic heterocycles. The van der Waals surface area contributed by atoms with Gasteiger partial charge in [0.25, 0.3) is 0 Å². The Hall–Kier alpha value is -0.530. The van der Waals surface area contributed by atoms with E-state index in [9.17, 15) is 4.79 Å². The minimum atomic E-state index is -0.202. The van der Waals surface area contributed by atoms with E-state index in [2.05, 4.69) is 0 Å². The average molecular weight is 192 g/mol. The molecule has 2 heteroatoms. The summed E-state index contributed by atoms with van der Waals surface area (Å²) in [6.07, 6.45) is 9.83. The van der Waals surface area contributed by atoms with Crippen molar-refractivity contribution in [2.45, 2.75) is 38.5 Å². The summed E-state index contributed by atoms with van der Waals surface area (Å²) >= 11 is 0. The van der Waals surface area contributed by atoms with Crippen LogP contribution in [-0.2, 0) is 4.79 Å². The molecule has 4 aliphatic rings. The Morgan fingerprint density at radius 1 is 1.07 bits per heavy atom. The predicted octanol–water partition coefficient (Wildman–Crippen LogP) is 1.89. The number of amides is 1. The lowest BCUT2D eigenvalue weighted by Crippen LogP contribution is -2.47. The molecule has 4 bridgehead atoms. The highest BCUT2D eigenvalue weighted by Crippen LogP contribution is 2.60. The third kappa shape index (κ3) is 1.27. The largest absolute Gasteiger partial charge is 0.369 e. The summed E-state index contributed by atoms with van der Waals surface area (Å²) in [5.41, 5.74) is 5.54. The maximum atomic E-state index is 11.1. The van der Waals surface area contributed by atoms with E-state index in [1.165, 1.54) is 38.5 Å². The Kier molecular flexibility index (Phi) is 1.71. The second kappa shape index (κ2) is 2.74. The number of carbonyl (C=O) groups excluding carboxylic acids is 1. The number of hydrogen-bond donors (Lipinski definition) is 1. The summed E-state index contributed by atoms with van der Waals surface area (Å²) in [6.45, 7) is 0. The number of carbonyl (C=O) groups is 1. The van der Waals surface area contributed by atoms with Crippen molar-refractivity contribution in [3.63, 3.8) is 0 Å². The molecule has 0 heterocycles. The molecule has 0 aromatic rings. The molecule has 4 rings (SSSR count). The van der Waals surface area contributed by atoms with Gasteiger partial charge in [-0.3, -0.25) is 4.79 Å². The van der Waals surface area contributed by atoms with Gasteiger partial charge < -0.3 is 5.73 Å². The molecule has 0 unspecified atom stereocenters. The van der Waals surface area contributed by atoms with Gasteiger partial charge in [0.05, 0.1) is 6.42 Å². The van der Waals surface area contributed by atoms with Gasteiger partial charge in [0.2, 0.25) is 5.91 Å². The van der Waals surface area contributed by atoms with Crippen molar-refractivity contribution < 1.29 is 4.79 Å². The van der Waals surface area contributed by atoms with Crippen molar-refractivity contribution in [1.29, 1.82) is 0 Å². The van der Waals surface area contributed by atoms with E-state index < -0.39 is 0 Å². The van der Waals surface area contributed by atoms with Crippen LogP contribution in [0.5, 0.6) is 0 Å². The lowest BCUT2D eigenvalue weighted by Gasteiger charge is -2.56. The molecule has 14 heavy (non-hydrogen) atoms. The first-order valence-electron chi connectivity index (χ1n) is 5.81. The lowest BCUT2D eigenvalue weighted by molar-refractivity contribution is -0.118. The first-order valence-corrected chi connectivity index (χ1v) is 5.81. The highest BCUT2D eigenvalue weighted by molar-refractivity contribution is 5.84. The molecule has 4 fully saturated rings. The molecule has 2 N–H and O–H groups in total. The fourth-order valence-electron chi connectivity index (χ4n) is 4.66. The zero-order chi connectivity index (χ0) is 9.76. The van der Waals surface area contributed by atoms with Gasteiger partial charge in [-0.15, -0.1) is 0 Å². The Labute approximate surface area is 85.2 Å². The highest BCUT2D eigenvalue weighted by atomic mass is 16.1. The quantitative estimate of drug-likeness (QED) is 0.713. The summed E-state index contributed by atoms with van der Waals surface area (Å²) in [6, 6.07) is 0. The Morgan fingerprint density at radius 3 is 1.86 bits per heavy atom. The number of primary amides is 1. The summed E-state index contributed by atoms with van der Waals surface area (Å²) in [7, 11) is 0. The lowest BCUT2D eigenvalue weighted by atomic mass is 9.49. The summed E-state index contributed by atoms with van der Waals surface area (Å²) in [4.78, 5) is 11.1. The van der Waals surface area contributed by atoms with Gasteiger partial charge in [0, 0.05) is 0 Å². The zero-order valence-corrected chi connectivity index (χ0v) is 8.54. The molecular formula is C12H18NO. The molecular weight excluding hydrogens is 174 g/mol. The average Bonchev–Trinajstić information content (AvgIpc) is 1.96. The Bertz CT molecular complexity index is 236. The van der Waals surface area contributed by atoms with Crippen LogP contribution < -0.4 is 5.73 Å². The normalized spacial score (nSPS) is 49.6. The molecule has 0 spiro atoms. The van der Waals surface area contributed by atoms with E-state index in [0.717, 1.165) is 17.8 Å². The number of nitrogens with two attached hydrogens (primary N) is 1. The van der Waals surface area contributed by atoms with Gasteiger partial charge in [-0.05, 0) is 61.7 Å². The molecule has 1 amide bonds. The molecule has 4 saturated carbocycles. The van der Waals surface area contributed by atoms with Gasteiger partial charge >= 0.3 is 0 Å². The zero-order valence-electron chi connectivity index (χ0n) is 8.54. The molecule has 4 aliphatic carbocycles. The van der Waals surface area contributed by atoms with Crippen molar-refractivity contribution in [2.24, 2.45) is 28.9 Å². The van der Waals surface area contributed by atoms with Crippen molar-refractivity contribution >= 4 is 5.91 Å². The summed E-state index contributed by atoms with van der Waals surface area (Å²) in [5.74, 6) is 2.50. The fourth-order valence-corrected chi connectivity index (χ4v) is 4.66. The Morgan fingerprint density at radius 2 is 1.50 bits per heavy atom. The van der Waals surface area contributed by atoms with Crippen LogP contribution in [0.3, 0.4) is 0 Å². The van der Waals surface area contributed by atoms with Crippen molar-refractivity contribution in [3.05, 3.63) is 6.42 Å². The van der Waals surface area contributed by atoms with Crippen LogP contribution >= 0.6 is 0 Å². The smallest absolute Gasteiger partial charge is 0.221 e. The molecule has 77 valence electrons. The van der Waals surface area contributed by atoms with Crippen LogP contribution in [0, 0.1) is 29.6 Å². The van der Waals surface area contributed by atoms with Crippen molar-refractivity contribution in [3.8, 4) is 0 Å². The van der Waals surface area contributed by atoms with Crippen LogP contribution in [0.15, 0.2) is 0 Å². The minimum absolute atomic E-state index is 0.202. The van der Waals surface area contributed by atoms with E-state index in [1.807, 2.05) is 6.42 Å². The first-order chi connectivity index (χ1) is 6.65. The molecule has 2 nitrogen and oxygen atoms in total. The molecule has 0 saturated heterocycles. The minimum Gasteiger partial charge on any atom is -0.369 e. The van der Waals surface area contributed by atoms with E-state index in [4.69, 9.17) is 5.73 Å². The van der Waals surface area contributed by atoms with Crippen molar-refractivity contribution in [1.82, 2.24) is 0 Å². The molecule has 0 aromatic heterocycles.